The summed E-state index contributed by atoms with van der Waals surface area (Å²) in [6, 6.07) is 9.06. The van der Waals surface area contributed by atoms with E-state index in [4.69, 9.17) is 5.26 Å². The molecule has 0 N–H and O–H groups in total. The van der Waals surface area contributed by atoms with Gasteiger partial charge in [0.05, 0.1) is 6.07 Å². The summed E-state index contributed by atoms with van der Waals surface area (Å²) < 4.78 is 0. The normalized spacial score (nSPS) is 9.85. The van der Waals surface area contributed by atoms with Crippen molar-refractivity contribution in [3.8, 4) is 6.07 Å². The predicted octanol–water partition coefficient (Wildman–Crippen LogP) is 2.43. The molecule has 0 fully saturated rings. The Hall–Kier alpha value is -1.88. The number of benzene rings is 1. The topological polar surface area (TPSA) is 40.9 Å². The number of carbonyl (C=O) groups is 1. The first-order chi connectivity index (χ1) is 6.24. The molecular weight excluding hydrogens is 162 g/mol. The van der Waals surface area contributed by atoms with Gasteiger partial charge in [-0.25, -0.2) is 0 Å². The summed E-state index contributed by atoms with van der Waals surface area (Å²) in [7, 11) is 0. The number of rotatable bonds is 2. The van der Waals surface area contributed by atoms with E-state index in [0.717, 1.165) is 5.56 Å². The second-order valence-corrected chi connectivity index (χ2v) is 2.64. The molecule has 0 aliphatic carbocycles. The fourth-order valence-electron chi connectivity index (χ4n) is 0.995. The number of nitrogens with zero attached hydrogens (tertiary/aromatic N) is 1. The van der Waals surface area contributed by atoms with Gasteiger partial charge in [-0.1, -0.05) is 18.2 Å². The van der Waals surface area contributed by atoms with Crippen LogP contribution in [0.4, 0.5) is 0 Å². The van der Waals surface area contributed by atoms with Crippen molar-refractivity contribution in [3.05, 3.63) is 41.5 Å². The molecule has 1 rings (SSSR count). The largest absolute Gasteiger partial charge is 0.295 e. The van der Waals surface area contributed by atoms with Crippen molar-refractivity contribution in [2.75, 3.05) is 0 Å². The monoisotopic (exact) mass is 171 g/mol. The number of carbonyl (C=O) groups excluding carboxylic acids is 1. The van der Waals surface area contributed by atoms with Crippen molar-refractivity contribution in [2.45, 2.75) is 6.92 Å². The number of allylic oxidation sites excluding steroid dienone is 1. The molecule has 2 heteroatoms. The fourth-order valence-corrected chi connectivity index (χ4v) is 0.995. The van der Waals surface area contributed by atoms with Gasteiger partial charge in [-0.3, -0.25) is 4.79 Å². The third-order valence-electron chi connectivity index (χ3n) is 1.64. The molecule has 0 aliphatic rings. The van der Waals surface area contributed by atoms with E-state index in [1.54, 1.807) is 24.3 Å². The first-order valence-corrected chi connectivity index (χ1v) is 3.91. The Labute approximate surface area is 77.1 Å². The van der Waals surface area contributed by atoms with E-state index in [2.05, 4.69) is 0 Å². The van der Waals surface area contributed by atoms with E-state index in [1.165, 1.54) is 13.0 Å². The van der Waals surface area contributed by atoms with Crippen LogP contribution in [0.15, 0.2) is 30.3 Å². The van der Waals surface area contributed by atoms with Gasteiger partial charge >= 0.3 is 0 Å². The molecule has 2 nitrogen and oxygen atoms in total. The van der Waals surface area contributed by atoms with E-state index in [1.807, 2.05) is 12.1 Å². The zero-order valence-corrected chi connectivity index (χ0v) is 7.32. The molecule has 0 saturated carbocycles. The number of hydrogen-bond donors (Lipinski definition) is 0. The highest BCUT2D eigenvalue weighted by molar-refractivity contribution is 5.94. The SMILES string of the molecule is CC(=O)c1cccc(C=CC#N)c1. The summed E-state index contributed by atoms with van der Waals surface area (Å²) in [5.41, 5.74) is 1.54. The highest BCUT2D eigenvalue weighted by atomic mass is 16.1. The average Bonchev–Trinajstić information content (AvgIpc) is 2.15. The lowest BCUT2D eigenvalue weighted by molar-refractivity contribution is 0.101. The molecule has 0 spiro atoms. The minimum Gasteiger partial charge on any atom is -0.295 e. The van der Waals surface area contributed by atoms with Crippen molar-refractivity contribution in [1.29, 1.82) is 5.26 Å². The maximum atomic E-state index is 11.0. The summed E-state index contributed by atoms with van der Waals surface area (Å²) >= 11 is 0. The van der Waals surface area contributed by atoms with Crippen LogP contribution in [0, 0.1) is 11.3 Å². The van der Waals surface area contributed by atoms with Crippen molar-refractivity contribution >= 4 is 11.9 Å². The van der Waals surface area contributed by atoms with Gasteiger partial charge in [0.1, 0.15) is 0 Å². The Morgan fingerprint density at radius 3 is 2.92 bits per heavy atom. The first-order valence-electron chi connectivity index (χ1n) is 3.91. The third-order valence-corrected chi connectivity index (χ3v) is 1.64. The average molecular weight is 171 g/mol. The van der Waals surface area contributed by atoms with Crippen LogP contribution in [0.5, 0.6) is 0 Å². The molecule has 0 heterocycles. The van der Waals surface area contributed by atoms with Crippen molar-refractivity contribution in [3.63, 3.8) is 0 Å². The fraction of sp³-hybridized carbons (Fsp3) is 0.0909. The van der Waals surface area contributed by atoms with Crippen LogP contribution in [0.3, 0.4) is 0 Å². The van der Waals surface area contributed by atoms with Crippen LogP contribution in [-0.2, 0) is 0 Å². The Morgan fingerprint density at radius 1 is 1.54 bits per heavy atom. The summed E-state index contributed by atoms with van der Waals surface area (Å²) in [5.74, 6) is 0.0345. The van der Waals surface area contributed by atoms with E-state index >= 15 is 0 Å². The van der Waals surface area contributed by atoms with Gasteiger partial charge in [-0.15, -0.1) is 0 Å². The van der Waals surface area contributed by atoms with Crippen LogP contribution < -0.4 is 0 Å². The molecule has 0 aliphatic heterocycles. The Bertz CT molecular complexity index is 385. The Balaban J connectivity index is 3.00. The second-order valence-electron chi connectivity index (χ2n) is 2.64. The molecule has 0 bridgehead atoms. The van der Waals surface area contributed by atoms with Crippen LogP contribution in [0.2, 0.25) is 0 Å². The molecule has 0 amide bonds. The molecule has 1 aromatic carbocycles. The van der Waals surface area contributed by atoms with Gasteiger partial charge in [-0.05, 0) is 24.6 Å². The van der Waals surface area contributed by atoms with Gasteiger partial charge in [0.25, 0.3) is 0 Å². The van der Waals surface area contributed by atoms with Crippen LogP contribution in [0.25, 0.3) is 6.08 Å². The summed E-state index contributed by atoms with van der Waals surface area (Å²) in [6.07, 6.45) is 3.06. The molecule has 1 aromatic rings. The smallest absolute Gasteiger partial charge is 0.159 e. The van der Waals surface area contributed by atoms with Gasteiger partial charge < -0.3 is 0 Å². The molecule has 13 heavy (non-hydrogen) atoms. The van der Waals surface area contributed by atoms with Crippen LogP contribution in [-0.4, -0.2) is 5.78 Å². The zero-order chi connectivity index (χ0) is 9.68. The minimum atomic E-state index is 0.0345. The van der Waals surface area contributed by atoms with E-state index < -0.39 is 0 Å². The first kappa shape index (κ1) is 9.21. The van der Waals surface area contributed by atoms with E-state index in [0.29, 0.717) is 5.56 Å². The Morgan fingerprint density at radius 2 is 2.31 bits per heavy atom. The van der Waals surface area contributed by atoms with Crippen molar-refractivity contribution in [2.24, 2.45) is 0 Å². The lowest BCUT2D eigenvalue weighted by Gasteiger charge is -1.96. The Kier molecular flexibility index (Phi) is 2.99. The standard InChI is InChI=1S/C11H9NO/c1-9(13)11-6-2-4-10(8-11)5-3-7-12/h2-6,8H,1H3. The third kappa shape index (κ3) is 2.57. The second kappa shape index (κ2) is 4.22. The quantitative estimate of drug-likeness (QED) is 0.506. The summed E-state index contributed by atoms with van der Waals surface area (Å²) in [4.78, 5) is 11.0. The summed E-state index contributed by atoms with van der Waals surface area (Å²) in [6.45, 7) is 1.52. The molecule has 0 radical (unpaired) electrons. The van der Waals surface area contributed by atoms with Gasteiger partial charge in [-0.2, -0.15) is 5.26 Å². The number of hydrogen-bond acceptors (Lipinski definition) is 2. The maximum Gasteiger partial charge on any atom is 0.159 e. The van der Waals surface area contributed by atoms with E-state index in [9.17, 15) is 4.79 Å². The predicted molar refractivity (Wildman–Crippen MR) is 51.1 cm³/mol. The minimum absolute atomic E-state index is 0.0345. The molecule has 64 valence electrons. The molecule has 0 aromatic heterocycles. The van der Waals surface area contributed by atoms with Crippen molar-refractivity contribution in [1.82, 2.24) is 0 Å². The van der Waals surface area contributed by atoms with Crippen LogP contribution >= 0.6 is 0 Å². The maximum absolute atomic E-state index is 11.0. The highest BCUT2D eigenvalue weighted by Crippen LogP contribution is 2.07. The lowest BCUT2D eigenvalue weighted by atomic mass is 10.1. The lowest BCUT2D eigenvalue weighted by Crippen LogP contribution is -1.91. The zero-order valence-electron chi connectivity index (χ0n) is 7.32. The molecule has 0 unspecified atom stereocenters. The van der Waals surface area contributed by atoms with E-state index in [-0.39, 0.29) is 5.78 Å². The molecule has 0 saturated heterocycles. The molecular formula is C11H9NO. The number of Topliss-reactive ketones (excluding diaryl/α,β-unsaturated/α-hetero) is 1. The summed E-state index contributed by atoms with van der Waals surface area (Å²) in [5, 5.41) is 8.30. The van der Waals surface area contributed by atoms with Gasteiger partial charge in [0, 0.05) is 11.6 Å². The van der Waals surface area contributed by atoms with Gasteiger partial charge in [0.15, 0.2) is 5.78 Å². The van der Waals surface area contributed by atoms with Crippen molar-refractivity contribution < 1.29 is 4.79 Å². The van der Waals surface area contributed by atoms with Gasteiger partial charge in [0.2, 0.25) is 0 Å². The number of nitriles is 1. The van der Waals surface area contributed by atoms with Crippen LogP contribution in [0.1, 0.15) is 22.8 Å². The number of ketones is 1. The highest BCUT2D eigenvalue weighted by Gasteiger charge is 1.97. The molecule has 0 atom stereocenters.